The summed E-state index contributed by atoms with van der Waals surface area (Å²) in [4.78, 5) is 22.9. The molecule has 1 N–H and O–H groups in total. The SMILES string of the molecule is COC(=O)c1ccc(C(=O)OC)c(NS(=O)(=O)c2ccc(F)c(F)c2)c1. The van der Waals surface area contributed by atoms with Crippen LogP contribution in [0.15, 0.2) is 41.3 Å². The molecule has 0 aliphatic heterocycles. The molecule has 0 unspecified atom stereocenters. The molecule has 0 aliphatic carbocycles. The van der Waals surface area contributed by atoms with Gasteiger partial charge in [0.1, 0.15) is 0 Å². The average Bonchev–Trinajstić information content (AvgIpc) is 2.62. The molecule has 0 spiro atoms. The number of benzene rings is 2. The van der Waals surface area contributed by atoms with Crippen molar-refractivity contribution in [2.75, 3.05) is 18.9 Å². The number of sulfonamides is 1. The van der Waals surface area contributed by atoms with Crippen LogP contribution in [0, 0.1) is 11.6 Å². The van der Waals surface area contributed by atoms with Crippen molar-refractivity contribution < 1.29 is 36.3 Å². The number of methoxy groups -OCH3 is 2. The third-order valence-corrected chi connectivity index (χ3v) is 4.65. The molecule has 0 heterocycles. The van der Waals surface area contributed by atoms with Gasteiger partial charge in [0.15, 0.2) is 11.6 Å². The molecule has 10 heteroatoms. The molecule has 0 aliphatic rings. The largest absolute Gasteiger partial charge is 0.465 e. The van der Waals surface area contributed by atoms with Crippen LogP contribution in [0.5, 0.6) is 0 Å². The minimum atomic E-state index is -4.38. The van der Waals surface area contributed by atoms with Crippen LogP contribution in [-0.4, -0.2) is 34.6 Å². The van der Waals surface area contributed by atoms with Crippen molar-refractivity contribution in [3.05, 3.63) is 59.2 Å². The van der Waals surface area contributed by atoms with E-state index in [9.17, 15) is 26.8 Å². The maximum absolute atomic E-state index is 13.3. The molecule has 138 valence electrons. The van der Waals surface area contributed by atoms with Gasteiger partial charge in [0.05, 0.1) is 35.9 Å². The summed E-state index contributed by atoms with van der Waals surface area (Å²) in [5, 5.41) is 0. The van der Waals surface area contributed by atoms with Gasteiger partial charge in [-0.25, -0.2) is 26.8 Å². The fraction of sp³-hybridized carbons (Fsp3) is 0.125. The molecule has 0 saturated carbocycles. The Kier molecular flexibility index (Phi) is 5.56. The van der Waals surface area contributed by atoms with Crippen molar-refractivity contribution in [3.8, 4) is 0 Å². The van der Waals surface area contributed by atoms with Crippen molar-refractivity contribution >= 4 is 27.6 Å². The van der Waals surface area contributed by atoms with Crippen molar-refractivity contribution in [2.24, 2.45) is 0 Å². The zero-order chi connectivity index (χ0) is 19.5. The van der Waals surface area contributed by atoms with E-state index in [1.165, 1.54) is 12.1 Å². The summed E-state index contributed by atoms with van der Waals surface area (Å²) in [7, 11) is -2.17. The standard InChI is InChI=1S/C16H13F2NO6S/c1-24-15(20)9-3-5-11(16(21)25-2)14(7-9)19-26(22,23)10-4-6-12(17)13(18)8-10/h3-8,19H,1-2H3. The molecular formula is C16H13F2NO6S. The van der Waals surface area contributed by atoms with Gasteiger partial charge in [-0.05, 0) is 36.4 Å². The normalized spacial score (nSPS) is 10.9. The molecule has 0 radical (unpaired) electrons. The van der Waals surface area contributed by atoms with E-state index in [-0.39, 0.29) is 16.8 Å². The molecule has 0 atom stereocenters. The Morgan fingerprint density at radius 2 is 1.58 bits per heavy atom. The van der Waals surface area contributed by atoms with E-state index in [0.717, 1.165) is 26.4 Å². The zero-order valence-corrected chi connectivity index (χ0v) is 14.4. The van der Waals surface area contributed by atoms with Crippen LogP contribution in [-0.2, 0) is 19.5 Å². The highest BCUT2D eigenvalue weighted by atomic mass is 32.2. The first-order valence-electron chi connectivity index (χ1n) is 6.98. The van der Waals surface area contributed by atoms with E-state index in [4.69, 9.17) is 0 Å². The third kappa shape index (κ3) is 3.97. The van der Waals surface area contributed by atoms with E-state index in [1.54, 1.807) is 0 Å². The minimum Gasteiger partial charge on any atom is -0.465 e. The summed E-state index contributed by atoms with van der Waals surface area (Å²) in [5.74, 6) is -4.21. The van der Waals surface area contributed by atoms with Gasteiger partial charge in [0.25, 0.3) is 10.0 Å². The van der Waals surface area contributed by atoms with Crippen LogP contribution in [0.3, 0.4) is 0 Å². The Morgan fingerprint density at radius 3 is 2.15 bits per heavy atom. The van der Waals surface area contributed by atoms with Crippen molar-refractivity contribution in [2.45, 2.75) is 4.90 Å². The van der Waals surface area contributed by atoms with Gasteiger partial charge in [-0.2, -0.15) is 0 Å². The number of carbonyl (C=O) groups excluding carboxylic acids is 2. The number of anilines is 1. The van der Waals surface area contributed by atoms with Gasteiger partial charge >= 0.3 is 11.9 Å². The molecule has 2 aromatic rings. The highest BCUT2D eigenvalue weighted by molar-refractivity contribution is 7.92. The van der Waals surface area contributed by atoms with Crippen molar-refractivity contribution in [3.63, 3.8) is 0 Å². The van der Waals surface area contributed by atoms with E-state index in [0.29, 0.717) is 12.1 Å². The second-order valence-electron chi connectivity index (χ2n) is 4.92. The van der Waals surface area contributed by atoms with Crippen LogP contribution in [0.4, 0.5) is 14.5 Å². The third-order valence-electron chi connectivity index (χ3n) is 3.29. The molecule has 7 nitrogen and oxygen atoms in total. The number of rotatable bonds is 5. The lowest BCUT2D eigenvalue weighted by molar-refractivity contribution is 0.0587. The number of nitrogens with one attached hydrogen (secondary N) is 1. The second kappa shape index (κ2) is 7.48. The lowest BCUT2D eigenvalue weighted by Gasteiger charge is -2.13. The number of hydrogen-bond donors (Lipinski definition) is 1. The smallest absolute Gasteiger partial charge is 0.339 e. The molecule has 0 saturated heterocycles. The summed E-state index contributed by atoms with van der Waals surface area (Å²) in [5.41, 5.74) is -0.515. The number of esters is 2. The Hall–Kier alpha value is -3.01. The molecule has 0 amide bonds. The number of halogens is 2. The fourth-order valence-corrected chi connectivity index (χ4v) is 3.09. The molecule has 26 heavy (non-hydrogen) atoms. The van der Waals surface area contributed by atoms with Crippen molar-refractivity contribution in [1.82, 2.24) is 0 Å². The maximum atomic E-state index is 13.3. The quantitative estimate of drug-likeness (QED) is 0.794. The van der Waals surface area contributed by atoms with Crippen LogP contribution < -0.4 is 4.72 Å². The zero-order valence-electron chi connectivity index (χ0n) is 13.6. The first-order valence-corrected chi connectivity index (χ1v) is 8.46. The number of carbonyl (C=O) groups is 2. The van der Waals surface area contributed by atoms with Crippen LogP contribution in [0.25, 0.3) is 0 Å². The van der Waals surface area contributed by atoms with Gasteiger partial charge in [-0.3, -0.25) is 4.72 Å². The summed E-state index contributed by atoms with van der Waals surface area (Å²) < 4.78 is 62.3. The Labute approximate surface area is 147 Å². The number of hydrogen-bond acceptors (Lipinski definition) is 6. The van der Waals surface area contributed by atoms with E-state index in [1.807, 2.05) is 0 Å². The highest BCUT2D eigenvalue weighted by Crippen LogP contribution is 2.24. The Balaban J connectivity index is 2.52. The topological polar surface area (TPSA) is 98.8 Å². The average molecular weight is 385 g/mol. The lowest BCUT2D eigenvalue weighted by atomic mass is 10.1. The highest BCUT2D eigenvalue weighted by Gasteiger charge is 2.22. The maximum Gasteiger partial charge on any atom is 0.339 e. The Bertz CT molecular complexity index is 975. The van der Waals surface area contributed by atoms with Gasteiger partial charge < -0.3 is 9.47 Å². The lowest BCUT2D eigenvalue weighted by Crippen LogP contribution is -2.17. The summed E-state index contributed by atoms with van der Waals surface area (Å²) >= 11 is 0. The predicted molar refractivity (Wildman–Crippen MR) is 86.3 cm³/mol. The van der Waals surface area contributed by atoms with E-state index >= 15 is 0 Å². The summed E-state index contributed by atoms with van der Waals surface area (Å²) in [6.07, 6.45) is 0. The summed E-state index contributed by atoms with van der Waals surface area (Å²) in [6, 6.07) is 5.46. The van der Waals surface area contributed by atoms with E-state index in [2.05, 4.69) is 14.2 Å². The molecule has 0 aromatic heterocycles. The predicted octanol–water partition coefficient (Wildman–Crippen LogP) is 2.34. The Morgan fingerprint density at radius 1 is 0.923 bits per heavy atom. The monoisotopic (exact) mass is 385 g/mol. The van der Waals surface area contributed by atoms with Gasteiger partial charge in [0.2, 0.25) is 0 Å². The number of ether oxygens (including phenoxy) is 2. The van der Waals surface area contributed by atoms with Crippen LogP contribution in [0.2, 0.25) is 0 Å². The van der Waals surface area contributed by atoms with Crippen LogP contribution >= 0.6 is 0 Å². The first kappa shape index (κ1) is 19.3. The molecular weight excluding hydrogens is 372 g/mol. The van der Waals surface area contributed by atoms with Crippen LogP contribution in [0.1, 0.15) is 20.7 Å². The van der Waals surface area contributed by atoms with Crippen molar-refractivity contribution in [1.29, 1.82) is 0 Å². The summed E-state index contributed by atoms with van der Waals surface area (Å²) in [6.45, 7) is 0. The second-order valence-corrected chi connectivity index (χ2v) is 6.61. The molecule has 2 rings (SSSR count). The first-order chi connectivity index (χ1) is 12.2. The van der Waals surface area contributed by atoms with Gasteiger partial charge in [-0.15, -0.1) is 0 Å². The van der Waals surface area contributed by atoms with Gasteiger partial charge in [0, 0.05) is 0 Å². The minimum absolute atomic E-state index is 0.0388. The van der Waals surface area contributed by atoms with Gasteiger partial charge in [-0.1, -0.05) is 0 Å². The fourth-order valence-electron chi connectivity index (χ4n) is 2.01. The molecule has 0 bridgehead atoms. The van der Waals surface area contributed by atoms with E-state index < -0.39 is 38.5 Å². The molecule has 0 fully saturated rings. The molecule has 2 aromatic carbocycles.